The Hall–Kier alpha value is -1.15. The number of methoxy groups -OCH3 is 1. The first kappa shape index (κ1) is 48.2. The number of aliphatic hydroxyl groups is 5. The molecule has 3 heterocycles. The number of oxime groups is 1. The number of likely N-dealkylation sites (N-methyl/N-ethyl adjacent to an activating group) is 1. The molecule has 16 heteroatoms. The Bertz CT molecular complexity index is 1260. The number of thioether (sulfide) groups is 1. The maximum absolute atomic E-state index is 14.3. The van der Waals surface area contributed by atoms with Gasteiger partial charge < -0.3 is 63.7 Å². The van der Waals surface area contributed by atoms with E-state index in [1.807, 2.05) is 39.1 Å². The lowest BCUT2D eigenvalue weighted by Gasteiger charge is -2.49. The zero-order valence-electron chi connectivity index (χ0n) is 35.5. The third-order valence-electron chi connectivity index (χ3n) is 12.2. The van der Waals surface area contributed by atoms with Gasteiger partial charge in [-0.1, -0.05) is 32.9 Å². The zero-order valence-corrected chi connectivity index (χ0v) is 36.3. The van der Waals surface area contributed by atoms with E-state index in [1.165, 1.54) is 25.8 Å². The van der Waals surface area contributed by atoms with E-state index in [0.717, 1.165) is 0 Å². The van der Waals surface area contributed by atoms with Crippen molar-refractivity contribution in [1.82, 2.24) is 4.90 Å². The molecule has 3 saturated heterocycles. The molecule has 3 aliphatic heterocycles. The van der Waals surface area contributed by atoms with Crippen LogP contribution in [0.1, 0.15) is 94.9 Å². The monoisotopic (exact) mass is 808 g/mol. The lowest BCUT2D eigenvalue weighted by molar-refractivity contribution is -0.317. The molecule has 0 amide bonds. The van der Waals surface area contributed by atoms with Crippen LogP contribution in [0.2, 0.25) is 0 Å². The fraction of sp³-hybridized carbons (Fsp3) is 0.949. The van der Waals surface area contributed by atoms with Crippen molar-refractivity contribution in [3.63, 3.8) is 0 Å². The Labute approximate surface area is 332 Å². The second kappa shape index (κ2) is 19.7. The SMILES string of the molecule is CCC1OC(=O)[C@H](C)C(O[C@H]2C[C@@](C)(OC)[C@@H](O)[C@H](C)O2)[C@H](C)[C@@H](O[C@@H]2O[C@H](C)C[C@H](N(C)C)[C@H]2O)[C@](C)(O)C[C@@H](C)/C(=N\OCSC)[C@H](C)[C@@H](O)[C@]1(C)O. The van der Waals surface area contributed by atoms with E-state index in [-0.39, 0.29) is 37.3 Å². The molecule has 3 fully saturated rings. The van der Waals surface area contributed by atoms with Crippen molar-refractivity contribution in [1.29, 1.82) is 0 Å². The highest BCUT2D eigenvalue weighted by molar-refractivity contribution is 7.98. The molecule has 322 valence electrons. The fourth-order valence-electron chi connectivity index (χ4n) is 8.75. The first-order chi connectivity index (χ1) is 25.5. The van der Waals surface area contributed by atoms with Gasteiger partial charge in [-0.05, 0) is 81.2 Å². The van der Waals surface area contributed by atoms with Crippen LogP contribution in [0.25, 0.3) is 0 Å². The Morgan fingerprint density at radius 1 is 0.945 bits per heavy atom. The summed E-state index contributed by atoms with van der Waals surface area (Å²) in [6, 6.07) is -0.309. The lowest BCUT2D eigenvalue weighted by Crippen LogP contribution is -2.61. The van der Waals surface area contributed by atoms with Gasteiger partial charge in [0.1, 0.15) is 23.9 Å². The summed E-state index contributed by atoms with van der Waals surface area (Å²) in [7, 11) is 5.24. The van der Waals surface area contributed by atoms with Gasteiger partial charge in [0.25, 0.3) is 0 Å². The van der Waals surface area contributed by atoms with Crippen LogP contribution in [-0.4, -0.2) is 160 Å². The minimum atomic E-state index is -1.92. The van der Waals surface area contributed by atoms with Crippen LogP contribution >= 0.6 is 11.8 Å². The van der Waals surface area contributed by atoms with Crippen LogP contribution in [-0.2, 0) is 38.1 Å². The van der Waals surface area contributed by atoms with Gasteiger partial charge in [0.15, 0.2) is 18.5 Å². The molecule has 3 aliphatic rings. The Morgan fingerprint density at radius 2 is 1.58 bits per heavy atom. The summed E-state index contributed by atoms with van der Waals surface area (Å²) < 4.78 is 37.6. The van der Waals surface area contributed by atoms with Crippen molar-refractivity contribution in [2.24, 2.45) is 28.8 Å². The van der Waals surface area contributed by atoms with Crippen molar-refractivity contribution in [2.75, 3.05) is 33.4 Å². The van der Waals surface area contributed by atoms with E-state index in [4.69, 9.17) is 33.3 Å². The molecule has 2 unspecified atom stereocenters. The van der Waals surface area contributed by atoms with Crippen LogP contribution in [0.5, 0.6) is 0 Å². The van der Waals surface area contributed by atoms with Crippen LogP contribution in [0, 0.1) is 23.7 Å². The lowest BCUT2D eigenvalue weighted by atomic mass is 9.73. The van der Waals surface area contributed by atoms with Crippen molar-refractivity contribution in [3.8, 4) is 0 Å². The number of nitrogens with zero attached hydrogens (tertiary/aromatic N) is 2. The van der Waals surface area contributed by atoms with E-state index in [2.05, 4.69) is 5.16 Å². The highest BCUT2D eigenvalue weighted by Gasteiger charge is 2.53. The Balaban J connectivity index is 2.24. The molecular weight excluding hydrogens is 736 g/mol. The summed E-state index contributed by atoms with van der Waals surface area (Å²) in [5.74, 6) is -3.70. The van der Waals surface area contributed by atoms with Crippen LogP contribution < -0.4 is 0 Å². The van der Waals surface area contributed by atoms with E-state index in [0.29, 0.717) is 12.1 Å². The summed E-state index contributed by atoms with van der Waals surface area (Å²) in [6.07, 6.45) is -7.27. The highest BCUT2D eigenvalue weighted by Crippen LogP contribution is 2.41. The van der Waals surface area contributed by atoms with Gasteiger partial charge in [-0.2, -0.15) is 0 Å². The molecule has 0 bridgehead atoms. The largest absolute Gasteiger partial charge is 0.459 e. The molecule has 15 nitrogen and oxygen atoms in total. The molecule has 0 aromatic rings. The summed E-state index contributed by atoms with van der Waals surface area (Å²) in [4.78, 5) is 21.8. The zero-order chi connectivity index (χ0) is 41.8. The summed E-state index contributed by atoms with van der Waals surface area (Å²) in [5, 5.41) is 63.3. The van der Waals surface area contributed by atoms with Crippen molar-refractivity contribution < 1.29 is 63.6 Å². The van der Waals surface area contributed by atoms with Crippen molar-refractivity contribution in [3.05, 3.63) is 0 Å². The van der Waals surface area contributed by atoms with E-state index < -0.39 is 102 Å². The smallest absolute Gasteiger partial charge is 0.311 e. The normalized spacial score (nSPS) is 47.7. The molecule has 0 aromatic heterocycles. The number of esters is 1. The van der Waals surface area contributed by atoms with Gasteiger partial charge in [0.05, 0.1) is 53.4 Å². The number of carbonyl (C=O) groups excluding carboxylic acids is 1. The van der Waals surface area contributed by atoms with E-state index >= 15 is 0 Å². The average molecular weight is 809 g/mol. The number of carbonyl (C=O) groups is 1. The Morgan fingerprint density at radius 3 is 2.15 bits per heavy atom. The first-order valence-corrected chi connectivity index (χ1v) is 21.1. The standard InChI is InChI=1S/C39H72N2O13S/c1-15-27-39(10,47)32(43)22(4)29(40-49-19-55-14)20(2)17-37(8,46)34(54-36-30(42)26(41(11)12)16-21(3)50-36)23(5)31(24(6)35(45)52-27)53-28-18-38(9,48-13)33(44)25(7)51-28/h20-28,30-34,36,42-44,46-47H,15-19H2,1-14H3/b40-29+/t20-,21-,22+,23+,24-,25+,26+,27?,28+,30-,31?,32-,33+,34-,36+,37-,38-,39-/m1/s1. The molecule has 0 spiro atoms. The molecule has 5 N–H and O–H groups in total. The van der Waals surface area contributed by atoms with Crippen LogP contribution in [0.4, 0.5) is 0 Å². The van der Waals surface area contributed by atoms with Crippen molar-refractivity contribution >= 4 is 23.4 Å². The molecule has 3 rings (SSSR count). The number of rotatable bonds is 10. The fourth-order valence-corrected chi connectivity index (χ4v) is 8.91. The highest BCUT2D eigenvalue weighted by atomic mass is 32.2. The number of aliphatic hydroxyl groups excluding tert-OH is 3. The molecule has 55 heavy (non-hydrogen) atoms. The number of hydrogen-bond acceptors (Lipinski definition) is 16. The van der Waals surface area contributed by atoms with Gasteiger partial charge in [-0.25, -0.2) is 0 Å². The predicted octanol–water partition coefficient (Wildman–Crippen LogP) is 2.91. The third-order valence-corrected chi connectivity index (χ3v) is 12.5. The number of cyclic esters (lactones) is 1. The van der Waals surface area contributed by atoms with E-state index in [9.17, 15) is 30.3 Å². The van der Waals surface area contributed by atoms with E-state index in [1.54, 1.807) is 48.5 Å². The maximum Gasteiger partial charge on any atom is 0.311 e. The number of ether oxygens (including phenoxy) is 6. The van der Waals surface area contributed by atoms with Gasteiger partial charge >= 0.3 is 5.97 Å². The minimum Gasteiger partial charge on any atom is -0.459 e. The van der Waals surface area contributed by atoms with Gasteiger partial charge in [-0.15, -0.1) is 11.8 Å². The maximum atomic E-state index is 14.3. The quantitative estimate of drug-likeness (QED) is 0.0934. The first-order valence-electron chi connectivity index (χ1n) is 19.7. The third kappa shape index (κ3) is 11.1. The minimum absolute atomic E-state index is 0.0196. The second-order valence-electron chi connectivity index (χ2n) is 17.1. The topological polar surface area (TPSA) is 198 Å². The van der Waals surface area contributed by atoms with Gasteiger partial charge in [-0.3, -0.25) is 4.79 Å². The van der Waals surface area contributed by atoms with Gasteiger partial charge in [0, 0.05) is 37.3 Å². The summed E-state index contributed by atoms with van der Waals surface area (Å²) >= 11 is 1.41. The van der Waals surface area contributed by atoms with Crippen molar-refractivity contribution in [2.45, 2.75) is 179 Å². The molecule has 0 radical (unpaired) electrons. The molecular formula is C39H72N2O13S. The average Bonchev–Trinajstić information content (AvgIpc) is 3.11. The molecule has 0 aromatic carbocycles. The summed E-state index contributed by atoms with van der Waals surface area (Å²) in [5.41, 5.74) is -4.30. The second-order valence-corrected chi connectivity index (χ2v) is 17.9. The van der Waals surface area contributed by atoms with Crippen LogP contribution in [0.3, 0.4) is 0 Å². The predicted molar refractivity (Wildman–Crippen MR) is 208 cm³/mol. The van der Waals surface area contributed by atoms with Crippen LogP contribution in [0.15, 0.2) is 5.16 Å². The molecule has 18 atom stereocenters. The number of hydrogen-bond donors (Lipinski definition) is 5. The Kier molecular flexibility index (Phi) is 17.3. The molecule has 0 saturated carbocycles. The summed E-state index contributed by atoms with van der Waals surface area (Å²) in [6.45, 7) is 17.1. The molecule has 0 aliphatic carbocycles. The van der Waals surface area contributed by atoms with Gasteiger partial charge in [0.2, 0.25) is 0 Å².